The van der Waals surface area contributed by atoms with Crippen molar-refractivity contribution in [3.8, 4) is 0 Å². The minimum atomic E-state index is -3.55. The molecule has 7 nitrogen and oxygen atoms in total. The second-order valence-electron chi connectivity index (χ2n) is 4.58. The largest absolute Gasteiger partial charge is 0.480 e. The number of hydrogen-bond acceptors (Lipinski definition) is 4. The molecule has 0 heterocycles. The van der Waals surface area contributed by atoms with E-state index in [0.717, 1.165) is 32.1 Å². The van der Waals surface area contributed by atoms with Crippen molar-refractivity contribution in [2.75, 3.05) is 6.54 Å². The van der Waals surface area contributed by atoms with Crippen molar-refractivity contribution in [3.05, 3.63) is 0 Å². The minimum Gasteiger partial charge on any atom is -0.480 e. The lowest BCUT2D eigenvalue weighted by molar-refractivity contribution is -0.138. The number of nitrogens with one attached hydrogen (secondary N) is 2. The van der Waals surface area contributed by atoms with Crippen molar-refractivity contribution in [3.63, 3.8) is 0 Å². The van der Waals surface area contributed by atoms with Gasteiger partial charge in [-0.2, -0.15) is 13.1 Å². The van der Waals surface area contributed by atoms with Crippen molar-refractivity contribution in [2.24, 2.45) is 5.73 Å². The van der Waals surface area contributed by atoms with E-state index in [0.29, 0.717) is 0 Å². The van der Waals surface area contributed by atoms with E-state index in [2.05, 4.69) is 9.44 Å². The summed E-state index contributed by atoms with van der Waals surface area (Å²) in [6.45, 7) is 0.0233. The van der Waals surface area contributed by atoms with Crippen LogP contribution in [0.15, 0.2) is 0 Å². The summed E-state index contributed by atoms with van der Waals surface area (Å²) in [5.41, 5.74) is 5.28. The highest BCUT2D eigenvalue weighted by molar-refractivity contribution is 7.87. The normalized spacial score (nSPS) is 19.6. The lowest BCUT2D eigenvalue weighted by Crippen LogP contribution is -2.45. The first-order valence-electron chi connectivity index (χ1n) is 6.16. The Balaban J connectivity index is 2.28. The number of rotatable bonds is 7. The molecule has 0 aromatic heterocycles. The Hall–Kier alpha value is -0.700. The van der Waals surface area contributed by atoms with E-state index < -0.39 is 22.2 Å². The fourth-order valence-corrected chi connectivity index (χ4v) is 3.10. The smallest absolute Gasteiger partial charge is 0.320 e. The molecule has 1 aliphatic rings. The first kappa shape index (κ1) is 15.4. The third-order valence-electron chi connectivity index (χ3n) is 2.99. The molecule has 1 atom stereocenters. The van der Waals surface area contributed by atoms with Gasteiger partial charge in [0.2, 0.25) is 0 Å². The summed E-state index contributed by atoms with van der Waals surface area (Å²) < 4.78 is 28.2. The zero-order valence-electron chi connectivity index (χ0n) is 10.3. The van der Waals surface area contributed by atoms with E-state index in [1.807, 2.05) is 0 Å². The van der Waals surface area contributed by atoms with Crippen LogP contribution in [0.5, 0.6) is 0 Å². The van der Waals surface area contributed by atoms with Crippen LogP contribution in [0.25, 0.3) is 0 Å². The molecular weight excluding hydrogens is 258 g/mol. The maximum Gasteiger partial charge on any atom is 0.320 e. The number of aliphatic carboxylic acids is 1. The van der Waals surface area contributed by atoms with E-state index in [1.165, 1.54) is 0 Å². The monoisotopic (exact) mass is 279 g/mol. The van der Waals surface area contributed by atoms with Crippen molar-refractivity contribution in [1.29, 1.82) is 0 Å². The summed E-state index contributed by atoms with van der Waals surface area (Å²) in [5, 5.41) is 8.55. The third-order valence-corrected chi connectivity index (χ3v) is 4.22. The fraction of sp³-hybridized carbons (Fsp3) is 0.900. The van der Waals surface area contributed by atoms with Crippen LogP contribution in [0.3, 0.4) is 0 Å². The molecule has 0 unspecified atom stereocenters. The molecule has 0 aromatic carbocycles. The van der Waals surface area contributed by atoms with Gasteiger partial charge >= 0.3 is 5.97 Å². The third kappa shape index (κ3) is 5.76. The molecule has 0 aromatic rings. The predicted molar refractivity (Wildman–Crippen MR) is 67.2 cm³/mol. The fourth-order valence-electron chi connectivity index (χ4n) is 1.95. The Labute approximate surface area is 107 Å². The van der Waals surface area contributed by atoms with Crippen LogP contribution in [0.1, 0.15) is 38.5 Å². The highest BCUT2D eigenvalue weighted by Gasteiger charge is 2.20. The quantitative estimate of drug-likeness (QED) is 0.502. The van der Waals surface area contributed by atoms with E-state index in [4.69, 9.17) is 10.8 Å². The molecule has 106 valence electrons. The van der Waals surface area contributed by atoms with Crippen molar-refractivity contribution < 1.29 is 18.3 Å². The van der Waals surface area contributed by atoms with Gasteiger partial charge in [-0.1, -0.05) is 19.3 Å². The summed E-state index contributed by atoms with van der Waals surface area (Å²) in [4.78, 5) is 10.5. The Morgan fingerprint density at radius 2 is 1.94 bits per heavy atom. The average molecular weight is 279 g/mol. The highest BCUT2D eigenvalue weighted by atomic mass is 32.2. The molecular formula is C10H21N3O4S. The molecule has 1 fully saturated rings. The van der Waals surface area contributed by atoms with Gasteiger partial charge < -0.3 is 10.8 Å². The Morgan fingerprint density at radius 1 is 1.33 bits per heavy atom. The summed E-state index contributed by atoms with van der Waals surface area (Å²) in [5.74, 6) is -1.13. The minimum absolute atomic E-state index is 0.00982. The molecule has 0 amide bonds. The molecule has 1 saturated carbocycles. The van der Waals surface area contributed by atoms with Crippen molar-refractivity contribution in [1.82, 2.24) is 9.44 Å². The molecule has 0 bridgehead atoms. The lowest BCUT2D eigenvalue weighted by Gasteiger charge is -2.22. The van der Waals surface area contributed by atoms with Gasteiger partial charge in [0.25, 0.3) is 10.2 Å². The van der Waals surface area contributed by atoms with Crippen molar-refractivity contribution in [2.45, 2.75) is 50.6 Å². The first-order valence-corrected chi connectivity index (χ1v) is 7.64. The Bertz CT molecular complexity index is 365. The molecule has 0 radical (unpaired) electrons. The van der Waals surface area contributed by atoms with Gasteiger partial charge in [0.05, 0.1) is 0 Å². The predicted octanol–water partition coefficient (Wildman–Crippen LogP) is -0.455. The van der Waals surface area contributed by atoms with Crippen molar-refractivity contribution >= 4 is 16.2 Å². The number of hydrogen-bond donors (Lipinski definition) is 4. The van der Waals surface area contributed by atoms with Crippen LogP contribution in [0.4, 0.5) is 0 Å². The van der Waals surface area contributed by atoms with Gasteiger partial charge in [-0.3, -0.25) is 4.79 Å². The number of nitrogens with two attached hydrogens (primary N) is 1. The maximum absolute atomic E-state index is 11.6. The molecule has 5 N–H and O–H groups in total. The molecule has 18 heavy (non-hydrogen) atoms. The zero-order valence-corrected chi connectivity index (χ0v) is 11.1. The van der Waals surface area contributed by atoms with E-state index in [-0.39, 0.29) is 19.0 Å². The molecule has 0 aliphatic heterocycles. The summed E-state index contributed by atoms with van der Waals surface area (Å²) >= 11 is 0. The van der Waals surface area contributed by atoms with Crippen LogP contribution in [0.2, 0.25) is 0 Å². The highest BCUT2D eigenvalue weighted by Crippen LogP contribution is 2.17. The van der Waals surface area contributed by atoms with Gasteiger partial charge in [0.1, 0.15) is 6.04 Å². The van der Waals surface area contributed by atoms with Crippen LogP contribution in [0, 0.1) is 0 Å². The van der Waals surface area contributed by atoms with E-state index >= 15 is 0 Å². The van der Waals surface area contributed by atoms with Crippen LogP contribution < -0.4 is 15.2 Å². The van der Waals surface area contributed by atoms with Gasteiger partial charge in [0.15, 0.2) is 0 Å². The topological polar surface area (TPSA) is 122 Å². The van der Waals surface area contributed by atoms with Gasteiger partial charge in [-0.15, -0.1) is 0 Å². The number of carboxylic acids is 1. The van der Waals surface area contributed by atoms with E-state index in [9.17, 15) is 13.2 Å². The summed E-state index contributed by atoms with van der Waals surface area (Å²) in [6, 6.07) is -1.05. The zero-order chi connectivity index (χ0) is 13.6. The van der Waals surface area contributed by atoms with Gasteiger partial charge in [-0.25, -0.2) is 4.72 Å². The molecule has 0 spiro atoms. The SMILES string of the molecule is N[C@@H](CCNS(=O)(=O)NC1CCCCC1)C(=O)O. The second kappa shape index (κ2) is 7.03. The molecule has 8 heteroatoms. The standard InChI is InChI=1S/C10H21N3O4S/c11-9(10(14)15)6-7-12-18(16,17)13-8-4-2-1-3-5-8/h8-9,12-13H,1-7,11H2,(H,14,15)/t9-/m0/s1. The van der Waals surface area contributed by atoms with Crippen LogP contribution in [-0.2, 0) is 15.0 Å². The Kier molecular flexibility index (Phi) is 6.00. The summed E-state index contributed by atoms with van der Waals surface area (Å²) in [6.07, 6.45) is 5.01. The van der Waals surface area contributed by atoms with Gasteiger partial charge in [0, 0.05) is 12.6 Å². The maximum atomic E-state index is 11.6. The Morgan fingerprint density at radius 3 is 2.50 bits per heavy atom. The number of carbonyl (C=O) groups is 1. The number of carboxylic acid groups (broad SMARTS) is 1. The van der Waals surface area contributed by atoms with Gasteiger partial charge in [-0.05, 0) is 19.3 Å². The van der Waals surface area contributed by atoms with Crippen LogP contribution in [-0.4, -0.2) is 38.1 Å². The molecule has 1 aliphatic carbocycles. The van der Waals surface area contributed by atoms with Crippen LogP contribution >= 0.6 is 0 Å². The second-order valence-corrected chi connectivity index (χ2v) is 6.12. The molecule has 1 rings (SSSR count). The lowest BCUT2D eigenvalue weighted by atomic mass is 9.96. The average Bonchev–Trinajstić information content (AvgIpc) is 2.29. The molecule has 0 saturated heterocycles. The first-order chi connectivity index (χ1) is 8.41. The van der Waals surface area contributed by atoms with E-state index in [1.54, 1.807) is 0 Å². The summed E-state index contributed by atoms with van der Waals surface area (Å²) in [7, 11) is -3.55.